The fourth-order valence-corrected chi connectivity index (χ4v) is 4.02. The molecule has 2 rings (SSSR count). The monoisotopic (exact) mass is 378 g/mol. The molecular formula is C23H32LiO2P. The first-order chi connectivity index (χ1) is 11.9. The van der Waals surface area contributed by atoms with E-state index in [-0.39, 0.29) is 45.4 Å². The molecule has 0 heterocycles. The van der Waals surface area contributed by atoms with Gasteiger partial charge in [-0.25, -0.2) is 0 Å². The Labute approximate surface area is 179 Å². The Morgan fingerprint density at radius 3 is 1.81 bits per heavy atom. The molecule has 0 spiro atoms. The van der Waals surface area contributed by atoms with E-state index in [2.05, 4.69) is 32.9 Å². The third-order valence-electron chi connectivity index (χ3n) is 4.16. The molecule has 0 bridgehead atoms. The summed E-state index contributed by atoms with van der Waals surface area (Å²) in [6.45, 7) is 16.8. The summed E-state index contributed by atoms with van der Waals surface area (Å²) in [5, 5.41) is 1.04. The molecule has 27 heavy (non-hydrogen) atoms. The molecule has 2 aromatic carbocycles. The van der Waals surface area contributed by atoms with Gasteiger partial charge in [0.2, 0.25) is 0 Å². The van der Waals surface area contributed by atoms with Crippen molar-refractivity contribution >= 4 is 19.4 Å². The molecule has 2 nitrogen and oxygen atoms in total. The van der Waals surface area contributed by atoms with Gasteiger partial charge in [-0.3, -0.25) is 4.79 Å². The van der Waals surface area contributed by atoms with Crippen LogP contribution in [0.1, 0.15) is 70.0 Å². The van der Waals surface area contributed by atoms with E-state index < -0.39 is 0 Å². The third kappa shape index (κ3) is 6.80. The van der Waals surface area contributed by atoms with Gasteiger partial charge in [0.05, 0.1) is 0 Å². The Morgan fingerprint density at radius 1 is 0.926 bits per heavy atom. The quantitative estimate of drug-likeness (QED) is 0.604. The Bertz CT molecular complexity index is 780. The van der Waals surface area contributed by atoms with Crippen molar-refractivity contribution in [1.82, 2.24) is 0 Å². The normalized spacial score (nSPS) is 12.1. The van der Waals surface area contributed by atoms with Gasteiger partial charge in [0.15, 0.2) is 5.52 Å². The van der Waals surface area contributed by atoms with Gasteiger partial charge in [-0.15, -0.1) is 0 Å². The average molecular weight is 378 g/mol. The van der Waals surface area contributed by atoms with E-state index in [1.807, 2.05) is 58.9 Å². The zero-order valence-electron chi connectivity index (χ0n) is 19.3. The van der Waals surface area contributed by atoms with Crippen LogP contribution in [0.25, 0.3) is 0 Å². The van der Waals surface area contributed by atoms with Gasteiger partial charge in [-0.05, 0) is 82.7 Å². The van der Waals surface area contributed by atoms with Gasteiger partial charge in [0.1, 0.15) is 11.4 Å². The Kier molecular flexibility index (Phi) is 7.96. The van der Waals surface area contributed by atoms with Crippen LogP contribution < -0.4 is 28.9 Å². The minimum atomic E-state index is -0.220. The number of ether oxygens (including phenoxy) is 1. The smallest absolute Gasteiger partial charge is 1.00 e. The molecule has 0 amide bonds. The molecule has 0 saturated carbocycles. The summed E-state index contributed by atoms with van der Waals surface area (Å²) in [5.74, 6) is 0.834. The number of carbonyl (C=O) groups is 1. The van der Waals surface area contributed by atoms with Gasteiger partial charge < -0.3 is 6.16 Å². The molecule has 2 aromatic rings. The first-order valence-corrected chi connectivity index (χ1v) is 10.1. The predicted molar refractivity (Wildman–Crippen MR) is 115 cm³/mol. The van der Waals surface area contributed by atoms with Crippen LogP contribution in [0.5, 0.6) is 5.75 Å². The van der Waals surface area contributed by atoms with E-state index in [9.17, 15) is 4.79 Å². The second kappa shape index (κ2) is 8.96. The van der Waals surface area contributed by atoms with Crippen LogP contribution in [0.2, 0.25) is 0 Å². The number of hydrogen-bond donors (Lipinski definition) is 0. The maximum Gasteiger partial charge on any atom is 1.00 e. The summed E-state index contributed by atoms with van der Waals surface area (Å²) < 4.78 is 5.85. The van der Waals surface area contributed by atoms with E-state index in [4.69, 9.17) is 4.74 Å². The van der Waals surface area contributed by atoms with Crippen LogP contribution in [0.4, 0.5) is 0 Å². The Hall–Kier alpha value is -1.06. The SMILES string of the molecule is Cc1cc(C(C)(C)C)cc(C)c1C(=O)Pc1ccc(OC(C)(C)C)cc1.[H-].[Li+]. The third-order valence-corrected chi connectivity index (χ3v) is 5.26. The van der Waals surface area contributed by atoms with Gasteiger partial charge in [-0.1, -0.05) is 45.0 Å². The molecule has 1 unspecified atom stereocenters. The minimum absolute atomic E-state index is 0. The topological polar surface area (TPSA) is 26.3 Å². The summed E-state index contributed by atoms with van der Waals surface area (Å²) in [6.07, 6.45) is 0. The second-order valence-corrected chi connectivity index (χ2v) is 10.2. The van der Waals surface area contributed by atoms with Crippen LogP contribution >= 0.6 is 8.58 Å². The molecule has 0 aliphatic rings. The van der Waals surface area contributed by atoms with Crippen molar-refractivity contribution in [3.8, 4) is 5.75 Å². The van der Waals surface area contributed by atoms with Gasteiger partial charge in [0.25, 0.3) is 0 Å². The van der Waals surface area contributed by atoms with Gasteiger partial charge >= 0.3 is 18.9 Å². The van der Waals surface area contributed by atoms with Crippen molar-refractivity contribution in [2.24, 2.45) is 0 Å². The fourth-order valence-electron chi connectivity index (χ4n) is 2.91. The molecule has 142 valence electrons. The molecule has 0 aliphatic carbocycles. The fraction of sp³-hybridized carbons (Fsp3) is 0.435. The standard InChI is InChI=1S/C23H31O2P.Li.H/c1-15-13-17(22(3,4)5)14-16(2)20(15)21(24)26-19-11-9-18(10-12-19)25-23(6,7)8;;/h9-14,26H,1-8H3;;/q;+1;-1. The van der Waals surface area contributed by atoms with E-state index >= 15 is 0 Å². The second-order valence-electron chi connectivity index (χ2n) is 8.93. The Morgan fingerprint density at radius 2 is 1.41 bits per heavy atom. The van der Waals surface area contributed by atoms with Gasteiger partial charge in [0, 0.05) is 5.56 Å². The van der Waals surface area contributed by atoms with Crippen LogP contribution in [0.15, 0.2) is 36.4 Å². The van der Waals surface area contributed by atoms with Crippen LogP contribution in [0, 0.1) is 13.8 Å². The van der Waals surface area contributed by atoms with Crippen molar-refractivity contribution in [3.05, 3.63) is 58.7 Å². The number of aryl methyl sites for hydroxylation is 2. The van der Waals surface area contributed by atoms with E-state index in [1.165, 1.54) is 5.56 Å². The molecule has 0 radical (unpaired) electrons. The zero-order chi connectivity index (χ0) is 19.7. The van der Waals surface area contributed by atoms with Crippen molar-refractivity contribution in [3.63, 3.8) is 0 Å². The molecule has 0 fully saturated rings. The summed E-state index contributed by atoms with van der Waals surface area (Å²) in [5.41, 5.74) is 4.35. The number of rotatable bonds is 4. The molecule has 0 aliphatic heterocycles. The van der Waals surface area contributed by atoms with Crippen molar-refractivity contribution in [1.29, 1.82) is 0 Å². The van der Waals surface area contributed by atoms with Crippen molar-refractivity contribution < 1.29 is 29.8 Å². The average Bonchev–Trinajstić information content (AvgIpc) is 2.46. The Balaban J connectivity index is 0.00000364. The molecule has 0 N–H and O–H groups in total. The molecule has 0 aromatic heterocycles. The van der Waals surface area contributed by atoms with Crippen LogP contribution in [0.3, 0.4) is 0 Å². The molecular weight excluding hydrogens is 346 g/mol. The van der Waals surface area contributed by atoms with E-state index in [0.717, 1.165) is 27.7 Å². The minimum Gasteiger partial charge on any atom is -1.00 e. The van der Waals surface area contributed by atoms with Crippen LogP contribution in [-0.2, 0) is 5.41 Å². The molecule has 1 atom stereocenters. The summed E-state index contributed by atoms with van der Waals surface area (Å²) in [6, 6.07) is 12.2. The van der Waals surface area contributed by atoms with Crippen molar-refractivity contribution in [2.45, 2.75) is 66.4 Å². The van der Waals surface area contributed by atoms with Gasteiger partial charge in [-0.2, -0.15) is 0 Å². The van der Waals surface area contributed by atoms with Crippen molar-refractivity contribution in [2.75, 3.05) is 0 Å². The van der Waals surface area contributed by atoms with E-state index in [0.29, 0.717) is 0 Å². The molecule has 0 saturated heterocycles. The first-order valence-electron chi connectivity index (χ1n) is 9.09. The largest absolute Gasteiger partial charge is 1.00 e. The maximum absolute atomic E-state index is 12.9. The zero-order valence-corrected chi connectivity index (χ0v) is 19.3. The number of carbonyl (C=O) groups excluding carboxylic acids is 1. The summed E-state index contributed by atoms with van der Waals surface area (Å²) >= 11 is 0. The summed E-state index contributed by atoms with van der Waals surface area (Å²) in [4.78, 5) is 12.9. The summed E-state index contributed by atoms with van der Waals surface area (Å²) in [7, 11) is 0.122. The van der Waals surface area contributed by atoms with E-state index in [1.54, 1.807) is 0 Å². The number of hydrogen-bond acceptors (Lipinski definition) is 2. The van der Waals surface area contributed by atoms with Crippen LogP contribution in [-0.4, -0.2) is 11.1 Å². The number of benzene rings is 2. The maximum atomic E-state index is 12.9. The first kappa shape index (κ1) is 24.0. The predicted octanol–water partition coefficient (Wildman–Crippen LogP) is 3.04. The molecule has 4 heteroatoms.